The highest BCUT2D eigenvalue weighted by Crippen LogP contribution is 2.40. The molecule has 1 aliphatic rings. The normalized spacial score (nSPS) is 16.6. The number of Topliss-reactive ketones (excluding diaryl/α,β-unsaturated/α-hetero) is 1. The van der Waals surface area contributed by atoms with Crippen LogP contribution in [0.15, 0.2) is 72.3 Å². The zero-order valence-electron chi connectivity index (χ0n) is 20.1. The Hall–Kier alpha value is -4.86. The molecule has 1 heterocycles. The Bertz CT molecular complexity index is 1380. The highest BCUT2D eigenvalue weighted by atomic mass is 16.6. The molecule has 3 aromatic carbocycles. The van der Waals surface area contributed by atoms with E-state index < -0.39 is 28.4 Å². The van der Waals surface area contributed by atoms with Crippen LogP contribution < -0.4 is 9.47 Å². The van der Waals surface area contributed by atoms with Gasteiger partial charge in [-0.25, -0.2) is 0 Å². The summed E-state index contributed by atoms with van der Waals surface area (Å²) < 4.78 is 10.6. The van der Waals surface area contributed by atoms with Crippen molar-refractivity contribution < 1.29 is 34.2 Å². The summed E-state index contributed by atoms with van der Waals surface area (Å²) in [6.45, 7) is 0.142. The fourth-order valence-electron chi connectivity index (χ4n) is 4.30. The van der Waals surface area contributed by atoms with Gasteiger partial charge < -0.3 is 24.6 Å². The molecular weight excluding hydrogens is 480 g/mol. The van der Waals surface area contributed by atoms with Gasteiger partial charge in [-0.2, -0.15) is 0 Å². The third-order valence-corrected chi connectivity index (χ3v) is 6.19. The molecule has 0 saturated carbocycles. The second-order valence-corrected chi connectivity index (χ2v) is 8.33. The third kappa shape index (κ3) is 4.94. The third-order valence-electron chi connectivity index (χ3n) is 6.19. The number of rotatable bonds is 8. The molecule has 1 unspecified atom stereocenters. The average Bonchev–Trinajstić information content (AvgIpc) is 3.16. The fraction of sp³-hybridized carbons (Fsp3) is 0.185. The SMILES string of the molecule is COc1ccc(CCN2C(=O)C(=O)/C(=C(\O)c3ccc([N+](=O)[O-])cc3)C2c2ccc(O)cc2)cc1OC. The number of aliphatic hydroxyl groups excluding tert-OH is 1. The van der Waals surface area contributed by atoms with Crippen molar-refractivity contribution in [3.8, 4) is 17.2 Å². The number of benzene rings is 3. The second-order valence-electron chi connectivity index (χ2n) is 8.33. The molecule has 10 heteroatoms. The lowest BCUT2D eigenvalue weighted by molar-refractivity contribution is -0.384. The largest absolute Gasteiger partial charge is 0.508 e. The maximum atomic E-state index is 13.1. The van der Waals surface area contributed by atoms with Gasteiger partial charge in [0.1, 0.15) is 11.5 Å². The van der Waals surface area contributed by atoms with Gasteiger partial charge in [0.15, 0.2) is 11.5 Å². The highest BCUT2D eigenvalue weighted by Gasteiger charge is 2.45. The summed E-state index contributed by atoms with van der Waals surface area (Å²) >= 11 is 0. The number of phenolic OH excluding ortho intramolecular Hbond substituents is 1. The van der Waals surface area contributed by atoms with E-state index >= 15 is 0 Å². The number of nitro groups is 1. The molecule has 0 bridgehead atoms. The number of aromatic hydroxyl groups is 1. The molecule has 1 fully saturated rings. The van der Waals surface area contributed by atoms with Crippen LogP contribution in [0.5, 0.6) is 17.2 Å². The van der Waals surface area contributed by atoms with Crippen LogP contribution in [0.1, 0.15) is 22.7 Å². The number of phenols is 1. The van der Waals surface area contributed by atoms with Crippen molar-refractivity contribution in [1.29, 1.82) is 0 Å². The van der Waals surface area contributed by atoms with E-state index in [1.807, 2.05) is 6.07 Å². The van der Waals surface area contributed by atoms with Crippen LogP contribution in [0.25, 0.3) is 5.76 Å². The van der Waals surface area contributed by atoms with Crippen molar-refractivity contribution in [3.05, 3.63) is 99.1 Å². The molecular formula is C27H24N2O8. The van der Waals surface area contributed by atoms with Crippen LogP contribution in [-0.2, 0) is 16.0 Å². The van der Waals surface area contributed by atoms with Crippen molar-refractivity contribution in [3.63, 3.8) is 0 Å². The zero-order chi connectivity index (χ0) is 26.7. The molecule has 0 aliphatic carbocycles. The lowest BCUT2D eigenvalue weighted by Crippen LogP contribution is -2.31. The van der Waals surface area contributed by atoms with E-state index in [1.165, 1.54) is 55.5 Å². The van der Waals surface area contributed by atoms with Crippen molar-refractivity contribution in [1.82, 2.24) is 4.90 Å². The molecule has 1 amide bonds. The molecule has 3 aromatic rings. The molecule has 2 N–H and O–H groups in total. The van der Waals surface area contributed by atoms with Gasteiger partial charge in [0.2, 0.25) is 0 Å². The number of aliphatic hydroxyl groups is 1. The summed E-state index contributed by atoms with van der Waals surface area (Å²) in [4.78, 5) is 38.1. The molecule has 1 aliphatic heterocycles. The number of ketones is 1. The Labute approximate surface area is 212 Å². The number of non-ortho nitro benzene ring substituents is 1. The first kappa shape index (κ1) is 25.2. The minimum atomic E-state index is -0.934. The zero-order valence-corrected chi connectivity index (χ0v) is 20.1. The quantitative estimate of drug-likeness (QED) is 0.154. The van der Waals surface area contributed by atoms with Crippen molar-refractivity contribution in [2.45, 2.75) is 12.5 Å². The number of ether oxygens (including phenoxy) is 2. The first-order chi connectivity index (χ1) is 17.7. The molecule has 4 rings (SSSR count). The van der Waals surface area contributed by atoms with Gasteiger partial charge in [0.05, 0.1) is 30.8 Å². The van der Waals surface area contributed by atoms with Crippen LogP contribution in [0, 0.1) is 10.1 Å². The number of carbonyl (C=O) groups is 2. The van der Waals surface area contributed by atoms with Crippen molar-refractivity contribution in [2.75, 3.05) is 20.8 Å². The van der Waals surface area contributed by atoms with E-state index in [9.17, 15) is 29.9 Å². The maximum absolute atomic E-state index is 13.1. The van der Waals surface area contributed by atoms with E-state index in [0.29, 0.717) is 23.5 Å². The predicted molar refractivity (Wildman–Crippen MR) is 133 cm³/mol. The van der Waals surface area contributed by atoms with Gasteiger partial charge in [0, 0.05) is 24.2 Å². The molecule has 37 heavy (non-hydrogen) atoms. The van der Waals surface area contributed by atoms with E-state index in [0.717, 1.165) is 5.56 Å². The lowest BCUT2D eigenvalue weighted by atomic mass is 9.95. The summed E-state index contributed by atoms with van der Waals surface area (Å²) in [6.07, 6.45) is 0.375. The Morgan fingerprint density at radius 3 is 2.22 bits per heavy atom. The number of nitrogens with zero attached hydrogens (tertiary/aromatic N) is 2. The minimum Gasteiger partial charge on any atom is -0.508 e. The lowest BCUT2D eigenvalue weighted by Gasteiger charge is -2.25. The number of amides is 1. The van der Waals surface area contributed by atoms with Gasteiger partial charge in [-0.05, 0) is 53.9 Å². The topological polar surface area (TPSA) is 139 Å². The number of hydrogen-bond acceptors (Lipinski definition) is 8. The molecule has 0 aromatic heterocycles. The van der Waals surface area contributed by atoms with Crippen LogP contribution in [0.2, 0.25) is 0 Å². The van der Waals surface area contributed by atoms with Crippen LogP contribution >= 0.6 is 0 Å². The van der Waals surface area contributed by atoms with Crippen molar-refractivity contribution in [2.24, 2.45) is 0 Å². The molecule has 190 valence electrons. The van der Waals surface area contributed by atoms with E-state index in [1.54, 1.807) is 24.3 Å². The van der Waals surface area contributed by atoms with Crippen LogP contribution in [-0.4, -0.2) is 52.5 Å². The van der Waals surface area contributed by atoms with E-state index in [2.05, 4.69) is 0 Å². The molecule has 0 radical (unpaired) electrons. The monoisotopic (exact) mass is 504 g/mol. The number of hydrogen-bond donors (Lipinski definition) is 2. The van der Waals surface area contributed by atoms with E-state index in [4.69, 9.17) is 9.47 Å². The van der Waals surface area contributed by atoms with E-state index in [-0.39, 0.29) is 29.1 Å². The molecule has 1 saturated heterocycles. The summed E-state index contributed by atoms with van der Waals surface area (Å²) in [7, 11) is 3.04. The van der Waals surface area contributed by atoms with Gasteiger partial charge in [0.25, 0.3) is 17.4 Å². The fourth-order valence-corrected chi connectivity index (χ4v) is 4.30. The van der Waals surface area contributed by atoms with Gasteiger partial charge in [-0.3, -0.25) is 19.7 Å². The summed E-state index contributed by atoms with van der Waals surface area (Å²) in [5.41, 5.74) is 1.18. The molecule has 10 nitrogen and oxygen atoms in total. The maximum Gasteiger partial charge on any atom is 0.295 e. The minimum absolute atomic E-state index is 0.00129. The average molecular weight is 504 g/mol. The Balaban J connectivity index is 1.74. The molecule has 0 spiro atoms. The first-order valence-electron chi connectivity index (χ1n) is 11.3. The summed E-state index contributed by atoms with van der Waals surface area (Å²) in [5, 5.41) is 31.8. The second kappa shape index (κ2) is 10.4. The highest BCUT2D eigenvalue weighted by molar-refractivity contribution is 6.46. The van der Waals surface area contributed by atoms with Gasteiger partial charge in [-0.1, -0.05) is 18.2 Å². The van der Waals surface area contributed by atoms with Crippen molar-refractivity contribution >= 4 is 23.1 Å². The molecule has 1 atom stereocenters. The van der Waals surface area contributed by atoms with Crippen LogP contribution in [0.3, 0.4) is 0 Å². The Morgan fingerprint density at radius 2 is 1.62 bits per heavy atom. The van der Waals surface area contributed by atoms with Crippen LogP contribution in [0.4, 0.5) is 5.69 Å². The Morgan fingerprint density at radius 1 is 0.973 bits per heavy atom. The number of carbonyl (C=O) groups excluding carboxylic acids is 2. The number of nitro benzene ring substituents is 1. The predicted octanol–water partition coefficient (Wildman–Crippen LogP) is 3.98. The van der Waals surface area contributed by atoms with Gasteiger partial charge >= 0.3 is 0 Å². The first-order valence-corrected chi connectivity index (χ1v) is 11.3. The number of likely N-dealkylation sites (tertiary alicyclic amines) is 1. The standard InChI is InChI=1S/C27H24N2O8/c1-36-21-12-3-16(15-22(21)37-2)13-14-28-24(17-6-10-20(30)11-7-17)23(26(32)27(28)33)25(31)18-4-8-19(9-5-18)29(34)35/h3-12,15,24,30-31H,13-14H2,1-2H3/b25-23-. The smallest absolute Gasteiger partial charge is 0.295 e. The number of methoxy groups -OCH3 is 2. The summed E-state index contributed by atoms with van der Waals surface area (Å²) in [6, 6.07) is 15.4. The summed E-state index contributed by atoms with van der Waals surface area (Å²) in [5.74, 6) is -1.03. The Kier molecular flexibility index (Phi) is 7.10. The van der Waals surface area contributed by atoms with Gasteiger partial charge in [-0.15, -0.1) is 0 Å².